The number of ether oxygens (including phenoxy) is 2. The normalized spacial score (nSPS) is 18.6. The van der Waals surface area contributed by atoms with Crippen molar-refractivity contribution < 1.29 is 18.8 Å². The molecule has 2 aliphatic rings. The Morgan fingerprint density at radius 3 is 2.83 bits per heavy atom. The number of hydrogen-bond acceptors (Lipinski definition) is 6. The molecule has 1 aromatic carbocycles. The Morgan fingerprint density at radius 2 is 2.00 bits per heavy atom. The van der Waals surface area contributed by atoms with Crippen molar-refractivity contribution in [3.8, 4) is 11.5 Å². The minimum Gasteiger partial charge on any atom is -0.490 e. The Morgan fingerprint density at radius 1 is 1.17 bits per heavy atom. The minimum absolute atomic E-state index is 0.00184. The lowest BCUT2D eigenvalue weighted by molar-refractivity contribution is 0.0737. The minimum atomic E-state index is -0.00184. The lowest BCUT2D eigenvalue weighted by Crippen LogP contribution is -2.31. The van der Waals surface area contributed by atoms with E-state index in [1.165, 1.54) is 0 Å². The molecule has 0 radical (unpaired) electrons. The van der Waals surface area contributed by atoms with Gasteiger partial charge in [0.25, 0.3) is 11.6 Å². The number of hydrogen-bond donors (Lipinski definition) is 0. The summed E-state index contributed by atoms with van der Waals surface area (Å²) in [7, 11) is 0. The molecule has 1 saturated heterocycles. The molecule has 1 atom stereocenters. The van der Waals surface area contributed by atoms with Gasteiger partial charge in [-0.25, -0.2) is 4.98 Å². The van der Waals surface area contributed by atoms with Gasteiger partial charge in [-0.3, -0.25) is 4.79 Å². The molecular formula is C23H25N3O4. The number of aryl methyl sites for hydroxylation is 2. The van der Waals surface area contributed by atoms with E-state index >= 15 is 0 Å². The van der Waals surface area contributed by atoms with Crippen LogP contribution in [0.4, 0.5) is 0 Å². The summed E-state index contributed by atoms with van der Waals surface area (Å²) >= 11 is 0. The van der Waals surface area contributed by atoms with Crippen molar-refractivity contribution in [2.24, 2.45) is 0 Å². The molecule has 0 aliphatic carbocycles. The van der Waals surface area contributed by atoms with Crippen LogP contribution in [0.25, 0.3) is 11.1 Å². The highest BCUT2D eigenvalue weighted by atomic mass is 16.5. The van der Waals surface area contributed by atoms with Gasteiger partial charge >= 0.3 is 0 Å². The van der Waals surface area contributed by atoms with E-state index in [1.54, 1.807) is 0 Å². The van der Waals surface area contributed by atoms with E-state index in [2.05, 4.69) is 10.1 Å². The second-order valence-corrected chi connectivity index (χ2v) is 7.88. The highest BCUT2D eigenvalue weighted by Crippen LogP contribution is 2.39. The lowest BCUT2D eigenvalue weighted by Gasteiger charge is -2.26. The smallest absolute Gasteiger partial charge is 0.258 e. The summed E-state index contributed by atoms with van der Waals surface area (Å²) in [5.74, 6) is 1.53. The lowest BCUT2D eigenvalue weighted by atomic mass is 10.0. The quantitative estimate of drug-likeness (QED) is 0.647. The predicted octanol–water partition coefficient (Wildman–Crippen LogP) is 4.23. The number of pyridine rings is 1. The van der Waals surface area contributed by atoms with Crippen LogP contribution in [0, 0.1) is 6.92 Å². The van der Waals surface area contributed by atoms with Crippen molar-refractivity contribution in [3.05, 3.63) is 46.8 Å². The fourth-order valence-corrected chi connectivity index (χ4v) is 4.39. The van der Waals surface area contributed by atoms with Gasteiger partial charge in [0.2, 0.25) is 0 Å². The van der Waals surface area contributed by atoms with Crippen LogP contribution in [-0.4, -0.2) is 40.7 Å². The Balaban J connectivity index is 1.52. The number of carbonyl (C=O) groups is 1. The van der Waals surface area contributed by atoms with Crippen molar-refractivity contribution in [1.82, 2.24) is 15.0 Å². The summed E-state index contributed by atoms with van der Waals surface area (Å²) in [5.41, 5.74) is 3.65. The zero-order valence-electron chi connectivity index (χ0n) is 17.3. The van der Waals surface area contributed by atoms with E-state index in [-0.39, 0.29) is 11.9 Å². The summed E-state index contributed by atoms with van der Waals surface area (Å²) in [6.07, 6.45) is 3.47. The number of carbonyl (C=O) groups excluding carboxylic acids is 1. The van der Waals surface area contributed by atoms with Crippen LogP contribution in [0.3, 0.4) is 0 Å². The van der Waals surface area contributed by atoms with Gasteiger partial charge in [-0.15, -0.1) is 0 Å². The molecule has 7 nitrogen and oxygen atoms in total. The van der Waals surface area contributed by atoms with Crippen LogP contribution < -0.4 is 9.47 Å². The number of rotatable bonds is 3. The van der Waals surface area contributed by atoms with Crippen molar-refractivity contribution in [1.29, 1.82) is 0 Å². The molecule has 0 saturated carbocycles. The van der Waals surface area contributed by atoms with Crippen molar-refractivity contribution in [2.45, 2.75) is 45.6 Å². The number of benzene rings is 1. The van der Waals surface area contributed by atoms with Crippen LogP contribution in [0.15, 0.2) is 28.8 Å². The Kier molecular flexibility index (Phi) is 4.81. The van der Waals surface area contributed by atoms with Crippen LogP contribution in [0.1, 0.15) is 59.5 Å². The van der Waals surface area contributed by atoms with Gasteiger partial charge < -0.3 is 18.9 Å². The summed E-state index contributed by atoms with van der Waals surface area (Å²) in [6, 6.07) is 7.93. The van der Waals surface area contributed by atoms with E-state index in [0.717, 1.165) is 48.4 Å². The SMILES string of the molecule is CCc1cc(C(=O)N2CCCC2c2ccc3c(c2)OCCCO3)c2c(C)noc2n1. The zero-order chi connectivity index (χ0) is 20.7. The van der Waals surface area contributed by atoms with Crippen molar-refractivity contribution >= 4 is 17.0 Å². The molecule has 30 heavy (non-hydrogen) atoms. The molecule has 2 aliphatic heterocycles. The molecule has 1 unspecified atom stereocenters. The number of nitrogens with zero attached hydrogens (tertiary/aromatic N) is 3. The number of amides is 1. The Labute approximate surface area is 175 Å². The number of likely N-dealkylation sites (tertiary alicyclic amines) is 1. The average molecular weight is 407 g/mol. The third-order valence-corrected chi connectivity index (χ3v) is 5.93. The van der Waals surface area contributed by atoms with Crippen LogP contribution in [-0.2, 0) is 6.42 Å². The van der Waals surface area contributed by atoms with E-state index in [1.807, 2.05) is 43.0 Å². The molecule has 1 amide bonds. The summed E-state index contributed by atoms with van der Waals surface area (Å²) < 4.78 is 17.0. The molecule has 0 N–H and O–H groups in total. The van der Waals surface area contributed by atoms with Gasteiger partial charge in [-0.2, -0.15) is 0 Å². The van der Waals surface area contributed by atoms with Gasteiger partial charge in [0, 0.05) is 18.7 Å². The molecule has 0 spiro atoms. The second-order valence-electron chi connectivity index (χ2n) is 7.88. The first-order valence-electron chi connectivity index (χ1n) is 10.6. The summed E-state index contributed by atoms with van der Waals surface area (Å²) in [5, 5.41) is 4.75. The van der Waals surface area contributed by atoms with Gasteiger partial charge in [-0.1, -0.05) is 18.1 Å². The Hall–Kier alpha value is -3.09. The van der Waals surface area contributed by atoms with E-state index < -0.39 is 0 Å². The monoisotopic (exact) mass is 407 g/mol. The molecular weight excluding hydrogens is 382 g/mol. The maximum Gasteiger partial charge on any atom is 0.258 e. The first-order chi connectivity index (χ1) is 14.7. The van der Waals surface area contributed by atoms with E-state index in [0.29, 0.717) is 42.1 Å². The van der Waals surface area contributed by atoms with Gasteiger partial charge in [0.05, 0.1) is 35.9 Å². The molecule has 7 heteroatoms. The molecule has 3 aromatic rings. The average Bonchev–Trinajstić information content (AvgIpc) is 3.33. The molecule has 2 aromatic heterocycles. The summed E-state index contributed by atoms with van der Waals surface area (Å²) in [4.78, 5) is 20.1. The number of fused-ring (bicyclic) bond motifs is 2. The Bertz CT molecular complexity index is 1110. The maximum absolute atomic E-state index is 13.7. The fourth-order valence-electron chi connectivity index (χ4n) is 4.39. The standard InChI is InChI=1S/C23H25N3O4/c1-3-16-13-17(21-14(2)25-30-22(21)24-16)23(27)26-9-4-6-18(26)15-7-8-19-20(12-15)29-11-5-10-28-19/h7-8,12-13,18H,3-6,9-11H2,1-2H3. The zero-order valence-corrected chi connectivity index (χ0v) is 17.3. The fraction of sp³-hybridized carbons (Fsp3) is 0.435. The first-order valence-corrected chi connectivity index (χ1v) is 10.6. The molecule has 4 heterocycles. The predicted molar refractivity (Wildman–Crippen MR) is 111 cm³/mol. The van der Waals surface area contributed by atoms with Gasteiger partial charge in [-0.05, 0) is 49.9 Å². The molecule has 1 fully saturated rings. The maximum atomic E-state index is 13.7. The number of aromatic nitrogens is 2. The van der Waals surface area contributed by atoms with Crippen molar-refractivity contribution in [3.63, 3.8) is 0 Å². The van der Waals surface area contributed by atoms with Crippen LogP contribution in [0.2, 0.25) is 0 Å². The van der Waals surface area contributed by atoms with Gasteiger partial charge in [0.1, 0.15) is 0 Å². The first kappa shape index (κ1) is 18.9. The third-order valence-electron chi connectivity index (χ3n) is 5.93. The van der Waals surface area contributed by atoms with Crippen molar-refractivity contribution in [2.75, 3.05) is 19.8 Å². The molecule has 5 rings (SSSR count). The molecule has 0 bridgehead atoms. The van der Waals surface area contributed by atoms with E-state index in [4.69, 9.17) is 14.0 Å². The highest BCUT2D eigenvalue weighted by molar-refractivity contribution is 6.06. The largest absolute Gasteiger partial charge is 0.490 e. The van der Waals surface area contributed by atoms with E-state index in [9.17, 15) is 4.79 Å². The van der Waals surface area contributed by atoms with Gasteiger partial charge in [0.15, 0.2) is 11.5 Å². The third kappa shape index (κ3) is 3.18. The highest BCUT2D eigenvalue weighted by Gasteiger charge is 2.33. The molecule has 156 valence electrons. The second kappa shape index (κ2) is 7.63. The summed E-state index contributed by atoms with van der Waals surface area (Å²) in [6.45, 7) is 5.89. The van der Waals surface area contributed by atoms with Crippen LogP contribution in [0.5, 0.6) is 11.5 Å². The van der Waals surface area contributed by atoms with Crippen LogP contribution >= 0.6 is 0 Å². The topological polar surface area (TPSA) is 77.7 Å².